The van der Waals surface area contributed by atoms with Crippen LogP contribution in [0.1, 0.15) is 36.9 Å². The van der Waals surface area contributed by atoms with E-state index in [0.29, 0.717) is 28.6 Å². The number of anilines is 1. The number of carbonyl (C=O) groups excluding carboxylic acids is 2. The summed E-state index contributed by atoms with van der Waals surface area (Å²) in [7, 11) is 0. The summed E-state index contributed by atoms with van der Waals surface area (Å²) in [5.74, 6) is 0.149. The van der Waals surface area contributed by atoms with Crippen LogP contribution in [0.3, 0.4) is 0 Å². The van der Waals surface area contributed by atoms with E-state index in [9.17, 15) is 9.59 Å². The first-order chi connectivity index (χ1) is 16.6. The molecule has 1 saturated carbocycles. The van der Waals surface area contributed by atoms with Gasteiger partial charge in [-0.1, -0.05) is 24.3 Å². The Bertz CT molecular complexity index is 1200. The van der Waals surface area contributed by atoms with E-state index >= 15 is 0 Å². The zero-order valence-electron chi connectivity index (χ0n) is 18.5. The van der Waals surface area contributed by atoms with Crippen molar-refractivity contribution in [2.45, 2.75) is 44.3 Å². The molecule has 1 saturated heterocycles. The predicted octanol–water partition coefficient (Wildman–Crippen LogP) is 4.57. The largest absolute Gasteiger partial charge is 0.472 e. The number of rotatable bonds is 7. The van der Waals surface area contributed by atoms with Gasteiger partial charge in [0.15, 0.2) is 0 Å². The van der Waals surface area contributed by atoms with Crippen molar-refractivity contribution in [3.05, 3.63) is 71.3 Å². The normalized spacial score (nSPS) is 21.6. The molecule has 0 unspecified atom stereocenters. The van der Waals surface area contributed by atoms with E-state index in [1.807, 2.05) is 6.07 Å². The summed E-state index contributed by atoms with van der Waals surface area (Å²) in [6.45, 7) is 0.817. The lowest BCUT2D eigenvalue weighted by molar-refractivity contribution is -0.115. The Kier molecular flexibility index (Phi) is 6.73. The third kappa shape index (κ3) is 5.37. The van der Waals surface area contributed by atoms with E-state index in [-0.39, 0.29) is 11.1 Å². The van der Waals surface area contributed by atoms with E-state index in [1.165, 1.54) is 11.1 Å². The molecule has 174 valence electrons. The first-order valence-corrected chi connectivity index (χ1v) is 12.1. The topological polar surface area (TPSA) is 109 Å². The van der Waals surface area contributed by atoms with Crippen LogP contribution < -0.4 is 16.0 Å². The number of furan rings is 1. The molecule has 9 heteroatoms. The van der Waals surface area contributed by atoms with Gasteiger partial charge in [-0.25, -0.2) is 9.97 Å². The van der Waals surface area contributed by atoms with Crippen molar-refractivity contribution in [2.75, 3.05) is 5.32 Å². The lowest BCUT2D eigenvalue weighted by atomic mass is 9.91. The quantitative estimate of drug-likeness (QED) is 0.426. The molecule has 1 aliphatic heterocycles. The van der Waals surface area contributed by atoms with Gasteiger partial charge in [0.1, 0.15) is 0 Å². The van der Waals surface area contributed by atoms with Crippen molar-refractivity contribution in [2.24, 2.45) is 0 Å². The molecule has 2 aliphatic rings. The first kappa shape index (κ1) is 22.4. The molecule has 0 spiro atoms. The Balaban J connectivity index is 1.13. The minimum absolute atomic E-state index is 0.296. The number of nitrogens with one attached hydrogen (secondary N) is 3. The summed E-state index contributed by atoms with van der Waals surface area (Å²) in [4.78, 5) is 32.3. The van der Waals surface area contributed by atoms with Gasteiger partial charge in [0.2, 0.25) is 5.95 Å². The lowest BCUT2D eigenvalue weighted by Crippen LogP contribution is -2.37. The number of aromatic nitrogens is 2. The van der Waals surface area contributed by atoms with Crippen molar-refractivity contribution in [3.8, 4) is 11.1 Å². The Morgan fingerprint density at radius 3 is 2.68 bits per heavy atom. The highest BCUT2D eigenvalue weighted by Crippen LogP contribution is 2.27. The molecule has 2 fully saturated rings. The summed E-state index contributed by atoms with van der Waals surface area (Å²) in [5.41, 5.74) is 4.15. The van der Waals surface area contributed by atoms with Gasteiger partial charge in [-0.3, -0.25) is 14.9 Å². The molecule has 0 radical (unpaired) electrons. The summed E-state index contributed by atoms with van der Waals surface area (Å²) >= 11 is 0.882. The van der Waals surface area contributed by atoms with E-state index < -0.39 is 0 Å². The summed E-state index contributed by atoms with van der Waals surface area (Å²) < 4.78 is 5.26. The van der Waals surface area contributed by atoms with Crippen molar-refractivity contribution in [1.29, 1.82) is 0 Å². The maximum atomic E-state index is 11.8. The number of benzene rings is 1. The van der Waals surface area contributed by atoms with Gasteiger partial charge in [-0.05, 0) is 66.8 Å². The van der Waals surface area contributed by atoms with Gasteiger partial charge in [-0.15, -0.1) is 0 Å². The van der Waals surface area contributed by atoms with E-state index in [1.54, 1.807) is 30.9 Å². The number of imide groups is 1. The molecule has 3 heterocycles. The number of nitrogens with zero attached hydrogens (tertiary/aromatic N) is 2. The lowest BCUT2D eigenvalue weighted by Gasteiger charge is -2.30. The molecule has 3 N–H and O–H groups in total. The smallest absolute Gasteiger partial charge is 0.290 e. The standard InChI is InChI=1S/C25H25N5O3S/c31-23-22(34-25(32)30-23)13-20-9-11-26-24(29-20)28-19-7-5-18(6-8-19)27-14-16-3-1-2-4-21(16)17-10-12-33-15-17/h1-4,9-13,15,18-19,27H,5-8,14H2,(H,26,28,29)(H,30,31,32). The molecular formula is C25H25N5O3S. The van der Waals surface area contributed by atoms with Crippen molar-refractivity contribution in [3.63, 3.8) is 0 Å². The second-order valence-corrected chi connectivity index (χ2v) is 9.42. The Morgan fingerprint density at radius 2 is 1.91 bits per heavy atom. The molecule has 0 atom stereocenters. The average molecular weight is 476 g/mol. The van der Waals surface area contributed by atoms with Crippen LogP contribution in [0.25, 0.3) is 17.2 Å². The average Bonchev–Trinajstić information content (AvgIpc) is 3.49. The number of amides is 2. The monoisotopic (exact) mass is 475 g/mol. The number of thioether (sulfide) groups is 1. The SMILES string of the molecule is O=C1NC(=O)C(=Cc2ccnc(NC3CCC(NCc4ccccc4-c4ccoc4)CC3)n2)S1. The third-order valence-corrected chi connectivity index (χ3v) is 6.90. The van der Waals surface area contributed by atoms with Crippen molar-refractivity contribution >= 4 is 34.9 Å². The van der Waals surface area contributed by atoms with Crippen molar-refractivity contribution in [1.82, 2.24) is 20.6 Å². The second-order valence-electron chi connectivity index (χ2n) is 8.40. The number of hydrogen-bond donors (Lipinski definition) is 3. The van der Waals surface area contributed by atoms with Gasteiger partial charge >= 0.3 is 0 Å². The van der Waals surface area contributed by atoms with Crippen LogP contribution in [0.5, 0.6) is 0 Å². The van der Waals surface area contributed by atoms with Crippen molar-refractivity contribution < 1.29 is 14.0 Å². The second kappa shape index (κ2) is 10.2. The maximum Gasteiger partial charge on any atom is 0.290 e. The molecule has 5 rings (SSSR count). The summed E-state index contributed by atoms with van der Waals surface area (Å²) in [6, 6.07) is 12.9. The highest BCUT2D eigenvalue weighted by molar-refractivity contribution is 8.18. The molecule has 2 amide bonds. The Labute approximate surface area is 201 Å². The van der Waals surface area contributed by atoms with E-state index in [0.717, 1.165) is 49.6 Å². The van der Waals surface area contributed by atoms with Gasteiger partial charge < -0.3 is 15.1 Å². The highest BCUT2D eigenvalue weighted by atomic mass is 32.2. The molecule has 34 heavy (non-hydrogen) atoms. The molecule has 2 aromatic heterocycles. The maximum absolute atomic E-state index is 11.8. The molecular weight excluding hydrogens is 450 g/mol. The molecule has 1 aromatic carbocycles. The predicted molar refractivity (Wildman–Crippen MR) is 132 cm³/mol. The van der Waals surface area contributed by atoms with Gasteiger partial charge in [0.05, 0.1) is 23.1 Å². The number of carbonyl (C=O) groups is 2. The zero-order valence-corrected chi connectivity index (χ0v) is 19.3. The van der Waals surface area contributed by atoms with Gasteiger partial charge in [0.25, 0.3) is 11.1 Å². The fraction of sp³-hybridized carbons (Fsp3) is 0.280. The van der Waals surface area contributed by atoms with Gasteiger partial charge in [-0.2, -0.15) is 0 Å². The molecule has 3 aromatic rings. The van der Waals surface area contributed by atoms with Crippen LogP contribution in [0.4, 0.5) is 10.7 Å². The molecule has 8 nitrogen and oxygen atoms in total. The third-order valence-electron chi connectivity index (χ3n) is 6.09. The van der Waals surface area contributed by atoms with Gasteiger partial charge in [0, 0.05) is 30.4 Å². The minimum Gasteiger partial charge on any atom is -0.472 e. The minimum atomic E-state index is -0.388. The fourth-order valence-electron chi connectivity index (χ4n) is 4.33. The van der Waals surface area contributed by atoms with Crippen LogP contribution in [-0.2, 0) is 11.3 Å². The highest BCUT2D eigenvalue weighted by Gasteiger charge is 2.25. The first-order valence-electron chi connectivity index (χ1n) is 11.3. The summed E-state index contributed by atoms with van der Waals surface area (Å²) in [6.07, 6.45) is 10.9. The zero-order chi connectivity index (χ0) is 23.3. The van der Waals surface area contributed by atoms with Crippen LogP contribution in [0.2, 0.25) is 0 Å². The summed E-state index contributed by atoms with van der Waals surface area (Å²) in [5, 5.41) is 9.03. The van der Waals surface area contributed by atoms with E-state index in [4.69, 9.17) is 4.42 Å². The van der Waals surface area contributed by atoms with E-state index in [2.05, 4.69) is 50.2 Å². The Hall–Kier alpha value is -3.43. The fourth-order valence-corrected chi connectivity index (χ4v) is 5.00. The molecule has 0 bridgehead atoms. The Morgan fingerprint density at radius 1 is 1.09 bits per heavy atom. The number of hydrogen-bond acceptors (Lipinski definition) is 8. The van der Waals surface area contributed by atoms with Crippen LogP contribution in [0.15, 0.2) is 64.4 Å². The van der Waals surface area contributed by atoms with Crippen LogP contribution in [0, 0.1) is 0 Å². The van der Waals surface area contributed by atoms with Crippen LogP contribution in [-0.4, -0.2) is 33.2 Å². The van der Waals surface area contributed by atoms with Crippen LogP contribution >= 0.6 is 11.8 Å². The molecule has 1 aliphatic carbocycles.